The van der Waals surface area contributed by atoms with E-state index in [0.29, 0.717) is 37.5 Å². The molecule has 0 atom stereocenters. The molecule has 0 saturated carbocycles. The Kier molecular flexibility index (Phi) is 5.49. The summed E-state index contributed by atoms with van der Waals surface area (Å²) in [5.41, 5.74) is 13.6. The first-order valence-corrected chi connectivity index (χ1v) is 7.84. The van der Waals surface area contributed by atoms with Gasteiger partial charge in [-0.3, -0.25) is 9.63 Å². The van der Waals surface area contributed by atoms with Crippen molar-refractivity contribution in [3.05, 3.63) is 21.9 Å². The summed E-state index contributed by atoms with van der Waals surface area (Å²) >= 11 is 1.53. The van der Waals surface area contributed by atoms with Gasteiger partial charge >= 0.3 is 0 Å². The molecule has 1 amide bonds. The minimum atomic E-state index is -0.178. The Balaban J connectivity index is 2.23. The number of aliphatic imine (C=N–C) groups is 1. The van der Waals surface area contributed by atoms with Crippen molar-refractivity contribution in [2.45, 2.75) is 19.8 Å². The standard InChI is InChI=1S/C14H20N4O2S/c1-2-4-18(20-5-3-15)14(19)10-6-11-8-21-9-12(11)17-13(16)7-10/h6,8-9H,2-5,7,15H2,1H3,(H2,16,17). The number of hydroxylamine groups is 2. The van der Waals surface area contributed by atoms with E-state index in [-0.39, 0.29) is 5.91 Å². The van der Waals surface area contributed by atoms with Crippen molar-refractivity contribution >= 4 is 34.8 Å². The number of fused-ring (bicyclic) bond motifs is 1. The molecule has 4 N–H and O–H groups in total. The lowest BCUT2D eigenvalue weighted by atomic mass is 10.1. The van der Waals surface area contributed by atoms with Crippen LogP contribution in [0.25, 0.3) is 6.08 Å². The van der Waals surface area contributed by atoms with Crippen LogP contribution in [0.5, 0.6) is 0 Å². The molecule has 2 heterocycles. The van der Waals surface area contributed by atoms with Crippen LogP contribution in [-0.2, 0) is 9.63 Å². The number of nitrogens with zero attached hydrogens (tertiary/aromatic N) is 2. The van der Waals surface area contributed by atoms with Crippen LogP contribution in [0.1, 0.15) is 25.3 Å². The first kappa shape index (κ1) is 15.7. The molecular weight excluding hydrogens is 288 g/mol. The van der Waals surface area contributed by atoms with Gasteiger partial charge in [-0.15, -0.1) is 11.3 Å². The van der Waals surface area contributed by atoms with Gasteiger partial charge in [-0.2, -0.15) is 0 Å². The number of hydrogen-bond acceptors (Lipinski definition) is 6. The summed E-state index contributed by atoms with van der Waals surface area (Å²) in [6.45, 7) is 3.18. The number of amides is 1. The van der Waals surface area contributed by atoms with Crippen molar-refractivity contribution in [1.29, 1.82) is 0 Å². The highest BCUT2D eigenvalue weighted by Gasteiger charge is 2.22. The SMILES string of the molecule is CCCN(OCCN)C(=O)C1=Cc2cscc2N=C(N)C1. The molecule has 0 bridgehead atoms. The average molecular weight is 308 g/mol. The molecule has 2 rings (SSSR count). The highest BCUT2D eigenvalue weighted by atomic mass is 32.1. The molecular formula is C14H20N4O2S. The largest absolute Gasteiger partial charge is 0.387 e. The molecule has 6 nitrogen and oxygen atoms in total. The van der Waals surface area contributed by atoms with Crippen LogP contribution < -0.4 is 11.5 Å². The Hall–Kier alpha value is -1.70. The average Bonchev–Trinajstić information content (AvgIpc) is 2.82. The molecule has 0 aromatic carbocycles. The van der Waals surface area contributed by atoms with Crippen molar-refractivity contribution in [1.82, 2.24) is 5.06 Å². The summed E-state index contributed by atoms with van der Waals surface area (Å²) in [4.78, 5) is 22.4. The molecule has 1 aromatic rings. The Morgan fingerprint density at radius 1 is 1.52 bits per heavy atom. The second-order valence-corrected chi connectivity index (χ2v) is 5.43. The second kappa shape index (κ2) is 7.35. The number of carbonyl (C=O) groups excluding carboxylic acids is 1. The maximum Gasteiger partial charge on any atom is 0.273 e. The quantitative estimate of drug-likeness (QED) is 0.781. The molecule has 0 saturated heterocycles. The summed E-state index contributed by atoms with van der Waals surface area (Å²) < 4.78 is 0. The minimum absolute atomic E-state index is 0.178. The van der Waals surface area contributed by atoms with E-state index in [1.165, 1.54) is 16.4 Å². The molecule has 21 heavy (non-hydrogen) atoms. The Bertz CT molecular complexity index is 565. The molecule has 0 radical (unpaired) electrons. The fourth-order valence-corrected chi connectivity index (χ4v) is 2.74. The maximum absolute atomic E-state index is 12.6. The fourth-order valence-electron chi connectivity index (χ4n) is 2.02. The zero-order chi connectivity index (χ0) is 15.2. The van der Waals surface area contributed by atoms with E-state index in [9.17, 15) is 4.79 Å². The zero-order valence-electron chi connectivity index (χ0n) is 12.0. The molecule has 0 fully saturated rings. The van der Waals surface area contributed by atoms with Crippen molar-refractivity contribution < 1.29 is 9.63 Å². The lowest BCUT2D eigenvalue weighted by Crippen LogP contribution is -2.35. The molecule has 0 aliphatic carbocycles. The van der Waals surface area contributed by atoms with Crippen LogP contribution in [0.2, 0.25) is 0 Å². The van der Waals surface area contributed by atoms with Crippen LogP contribution in [0.4, 0.5) is 5.69 Å². The lowest BCUT2D eigenvalue weighted by Gasteiger charge is -2.22. The molecule has 1 aromatic heterocycles. The normalized spacial score (nSPS) is 14.0. The summed E-state index contributed by atoms with van der Waals surface area (Å²) in [7, 11) is 0. The number of amidine groups is 1. The molecule has 0 spiro atoms. The first-order chi connectivity index (χ1) is 10.2. The number of nitrogens with two attached hydrogens (primary N) is 2. The van der Waals surface area contributed by atoms with Crippen LogP contribution >= 0.6 is 11.3 Å². The predicted molar refractivity (Wildman–Crippen MR) is 85.2 cm³/mol. The van der Waals surface area contributed by atoms with Crippen LogP contribution in [-0.4, -0.2) is 36.5 Å². The Labute approximate surface area is 128 Å². The first-order valence-electron chi connectivity index (χ1n) is 6.90. The van der Waals surface area contributed by atoms with Gasteiger partial charge in [0.25, 0.3) is 5.91 Å². The highest BCUT2D eigenvalue weighted by Crippen LogP contribution is 2.30. The van der Waals surface area contributed by atoms with Gasteiger partial charge in [-0.1, -0.05) is 6.92 Å². The Morgan fingerprint density at radius 3 is 3.05 bits per heavy atom. The van der Waals surface area contributed by atoms with Crippen molar-refractivity contribution in [2.75, 3.05) is 19.7 Å². The van der Waals surface area contributed by atoms with E-state index in [1.54, 1.807) is 0 Å². The van der Waals surface area contributed by atoms with Gasteiger partial charge in [0, 0.05) is 41.4 Å². The van der Waals surface area contributed by atoms with Crippen molar-refractivity contribution in [3.8, 4) is 0 Å². The molecule has 0 unspecified atom stereocenters. The van der Waals surface area contributed by atoms with Crippen molar-refractivity contribution in [3.63, 3.8) is 0 Å². The number of carbonyl (C=O) groups is 1. The summed E-state index contributed by atoms with van der Waals surface area (Å²) in [6, 6.07) is 0. The lowest BCUT2D eigenvalue weighted by molar-refractivity contribution is -0.181. The van der Waals surface area contributed by atoms with Gasteiger partial charge < -0.3 is 11.5 Å². The van der Waals surface area contributed by atoms with Gasteiger partial charge in [0.2, 0.25) is 0 Å². The fraction of sp³-hybridized carbons (Fsp3) is 0.429. The van der Waals surface area contributed by atoms with E-state index in [2.05, 4.69) is 4.99 Å². The Morgan fingerprint density at radius 2 is 2.33 bits per heavy atom. The highest BCUT2D eigenvalue weighted by molar-refractivity contribution is 7.08. The summed E-state index contributed by atoms with van der Waals surface area (Å²) in [5.74, 6) is 0.254. The molecule has 114 valence electrons. The van der Waals surface area contributed by atoms with E-state index >= 15 is 0 Å². The summed E-state index contributed by atoms with van der Waals surface area (Å²) in [5, 5.41) is 5.24. The van der Waals surface area contributed by atoms with E-state index in [0.717, 1.165) is 17.7 Å². The molecule has 1 aliphatic heterocycles. The number of hydrogen-bond donors (Lipinski definition) is 2. The molecule has 7 heteroatoms. The third-order valence-corrected chi connectivity index (χ3v) is 3.68. The van der Waals surface area contributed by atoms with Crippen molar-refractivity contribution in [2.24, 2.45) is 16.5 Å². The van der Waals surface area contributed by atoms with Gasteiger partial charge in [-0.05, 0) is 12.5 Å². The van der Waals surface area contributed by atoms with Crippen LogP contribution in [0.3, 0.4) is 0 Å². The third kappa shape index (κ3) is 3.90. The third-order valence-electron chi connectivity index (χ3n) is 2.93. The van der Waals surface area contributed by atoms with Crippen LogP contribution in [0, 0.1) is 0 Å². The number of rotatable bonds is 6. The topological polar surface area (TPSA) is 93.9 Å². The van der Waals surface area contributed by atoms with E-state index in [4.69, 9.17) is 16.3 Å². The number of thiophene rings is 1. The zero-order valence-corrected chi connectivity index (χ0v) is 12.9. The minimum Gasteiger partial charge on any atom is -0.387 e. The predicted octanol–water partition coefficient (Wildman–Crippen LogP) is 1.65. The smallest absolute Gasteiger partial charge is 0.273 e. The maximum atomic E-state index is 12.6. The van der Waals surface area contributed by atoms with Gasteiger partial charge in [-0.25, -0.2) is 10.1 Å². The summed E-state index contributed by atoms with van der Waals surface area (Å²) in [6.07, 6.45) is 2.97. The van der Waals surface area contributed by atoms with E-state index < -0.39 is 0 Å². The second-order valence-electron chi connectivity index (χ2n) is 4.69. The van der Waals surface area contributed by atoms with E-state index in [1.807, 2.05) is 23.8 Å². The van der Waals surface area contributed by atoms with Gasteiger partial charge in [0.15, 0.2) is 0 Å². The molecule has 1 aliphatic rings. The van der Waals surface area contributed by atoms with Crippen LogP contribution in [0.15, 0.2) is 21.3 Å². The van der Waals surface area contributed by atoms with Gasteiger partial charge in [0.05, 0.1) is 12.3 Å². The van der Waals surface area contributed by atoms with Gasteiger partial charge in [0.1, 0.15) is 5.84 Å². The monoisotopic (exact) mass is 308 g/mol.